The van der Waals surface area contributed by atoms with Crippen LogP contribution in [0, 0.1) is 0 Å². The van der Waals surface area contributed by atoms with Gasteiger partial charge in [-0.25, -0.2) is 9.59 Å². The summed E-state index contributed by atoms with van der Waals surface area (Å²) in [6.07, 6.45) is 3.48. The van der Waals surface area contributed by atoms with Crippen LogP contribution in [0.2, 0.25) is 0 Å². The fraction of sp³-hybridized carbons (Fsp3) is 0.714. The van der Waals surface area contributed by atoms with Crippen molar-refractivity contribution in [2.45, 2.75) is 53.4 Å². The Labute approximate surface area is 109 Å². The van der Waals surface area contributed by atoms with E-state index >= 15 is 0 Å². The van der Waals surface area contributed by atoms with Crippen LogP contribution in [-0.4, -0.2) is 25.2 Å². The number of esters is 2. The molecule has 0 aliphatic heterocycles. The first-order valence-corrected chi connectivity index (χ1v) is 6.56. The smallest absolute Gasteiger partial charge is 0.345 e. The van der Waals surface area contributed by atoms with Crippen molar-refractivity contribution in [3.05, 3.63) is 11.1 Å². The Morgan fingerprint density at radius 2 is 1.22 bits per heavy atom. The lowest BCUT2D eigenvalue weighted by Crippen LogP contribution is -2.20. The minimum absolute atomic E-state index is 0.0298. The molecule has 18 heavy (non-hydrogen) atoms. The van der Waals surface area contributed by atoms with Gasteiger partial charge in [-0.05, 0) is 26.7 Å². The van der Waals surface area contributed by atoms with Gasteiger partial charge in [-0.15, -0.1) is 0 Å². The molecule has 0 bridgehead atoms. The number of allylic oxidation sites excluding steroid dienone is 1. The fourth-order valence-electron chi connectivity index (χ4n) is 1.25. The predicted octanol–water partition coefficient (Wildman–Crippen LogP) is 3.01. The molecule has 4 heteroatoms. The zero-order valence-electron chi connectivity index (χ0n) is 11.9. The van der Waals surface area contributed by atoms with E-state index in [1.54, 1.807) is 13.8 Å². The van der Waals surface area contributed by atoms with Crippen molar-refractivity contribution >= 4 is 11.9 Å². The lowest BCUT2D eigenvalue weighted by Gasteiger charge is -2.09. The highest BCUT2D eigenvalue weighted by atomic mass is 16.6. The zero-order valence-corrected chi connectivity index (χ0v) is 11.9. The van der Waals surface area contributed by atoms with Crippen LogP contribution >= 0.6 is 0 Å². The number of unbranched alkanes of at least 4 members (excludes halogenated alkanes) is 2. The average molecular weight is 256 g/mol. The third-order valence-electron chi connectivity index (χ3n) is 2.37. The van der Waals surface area contributed by atoms with E-state index < -0.39 is 11.9 Å². The van der Waals surface area contributed by atoms with Crippen molar-refractivity contribution in [3.63, 3.8) is 0 Å². The maximum atomic E-state index is 11.8. The quantitative estimate of drug-likeness (QED) is 0.220. The highest BCUT2D eigenvalue weighted by molar-refractivity contribution is 6.14. The van der Waals surface area contributed by atoms with Gasteiger partial charge >= 0.3 is 11.9 Å². The number of carbonyl (C=O) groups is 2. The van der Waals surface area contributed by atoms with Crippen molar-refractivity contribution in [2.75, 3.05) is 13.2 Å². The number of carbonyl (C=O) groups excluding carboxylic acids is 2. The van der Waals surface area contributed by atoms with Gasteiger partial charge < -0.3 is 9.47 Å². The third kappa shape index (κ3) is 6.42. The van der Waals surface area contributed by atoms with Crippen LogP contribution in [0.1, 0.15) is 53.4 Å². The summed E-state index contributed by atoms with van der Waals surface area (Å²) >= 11 is 0. The Morgan fingerprint density at radius 3 is 1.50 bits per heavy atom. The maximum absolute atomic E-state index is 11.8. The first-order valence-electron chi connectivity index (χ1n) is 6.56. The molecule has 0 saturated carbocycles. The van der Waals surface area contributed by atoms with E-state index in [2.05, 4.69) is 0 Å². The summed E-state index contributed by atoms with van der Waals surface area (Å²) < 4.78 is 10.1. The van der Waals surface area contributed by atoms with Gasteiger partial charge in [0.2, 0.25) is 0 Å². The summed E-state index contributed by atoms with van der Waals surface area (Å²) in [5, 5.41) is 0. The predicted molar refractivity (Wildman–Crippen MR) is 70.1 cm³/mol. The van der Waals surface area contributed by atoms with Crippen molar-refractivity contribution in [3.8, 4) is 0 Å². The topological polar surface area (TPSA) is 52.6 Å². The van der Waals surface area contributed by atoms with Crippen LogP contribution in [-0.2, 0) is 19.1 Å². The van der Waals surface area contributed by atoms with Crippen molar-refractivity contribution in [2.24, 2.45) is 0 Å². The third-order valence-corrected chi connectivity index (χ3v) is 2.37. The largest absolute Gasteiger partial charge is 0.462 e. The van der Waals surface area contributed by atoms with Crippen LogP contribution in [0.25, 0.3) is 0 Å². The molecule has 0 unspecified atom stereocenters. The number of ether oxygens (including phenoxy) is 2. The molecule has 0 aromatic heterocycles. The molecule has 0 amide bonds. The van der Waals surface area contributed by atoms with E-state index in [-0.39, 0.29) is 5.57 Å². The summed E-state index contributed by atoms with van der Waals surface area (Å²) in [5.74, 6) is -1.16. The first kappa shape index (κ1) is 16.7. The monoisotopic (exact) mass is 256 g/mol. The van der Waals surface area contributed by atoms with Crippen LogP contribution in [0.5, 0.6) is 0 Å². The Kier molecular flexibility index (Phi) is 8.97. The highest BCUT2D eigenvalue weighted by Crippen LogP contribution is 2.09. The molecule has 0 fully saturated rings. The minimum Gasteiger partial charge on any atom is -0.462 e. The molecule has 0 rings (SSSR count). The second kappa shape index (κ2) is 9.68. The molecule has 0 aliphatic carbocycles. The summed E-state index contributed by atoms with van der Waals surface area (Å²) in [6.45, 7) is 8.11. The molecule has 0 aliphatic rings. The Hall–Kier alpha value is -1.32. The Morgan fingerprint density at radius 1 is 0.833 bits per heavy atom. The first-order chi connectivity index (χ1) is 8.54. The maximum Gasteiger partial charge on any atom is 0.345 e. The van der Waals surface area contributed by atoms with Gasteiger partial charge in [0.25, 0.3) is 0 Å². The van der Waals surface area contributed by atoms with Gasteiger partial charge in [0.05, 0.1) is 13.2 Å². The lowest BCUT2D eigenvalue weighted by atomic mass is 10.1. The molecular formula is C14H24O4. The Bertz CT molecular complexity index is 277. The molecule has 0 atom stereocenters. The van der Waals surface area contributed by atoms with Crippen LogP contribution in [0.15, 0.2) is 11.1 Å². The molecule has 0 spiro atoms. The van der Waals surface area contributed by atoms with E-state index in [4.69, 9.17) is 9.47 Å². The van der Waals surface area contributed by atoms with Crippen LogP contribution < -0.4 is 0 Å². The van der Waals surface area contributed by atoms with Gasteiger partial charge in [0.1, 0.15) is 5.57 Å². The second-order valence-electron chi connectivity index (χ2n) is 4.35. The van der Waals surface area contributed by atoms with Crippen molar-refractivity contribution in [1.29, 1.82) is 0 Å². The normalized spacial score (nSPS) is 9.78. The van der Waals surface area contributed by atoms with Crippen molar-refractivity contribution in [1.82, 2.24) is 0 Å². The van der Waals surface area contributed by atoms with E-state index in [1.807, 2.05) is 13.8 Å². The van der Waals surface area contributed by atoms with Gasteiger partial charge in [0.15, 0.2) is 0 Å². The molecule has 0 heterocycles. The molecule has 0 radical (unpaired) electrons. The second-order valence-corrected chi connectivity index (χ2v) is 4.35. The Balaban J connectivity index is 4.43. The zero-order chi connectivity index (χ0) is 14.0. The number of hydrogen-bond acceptors (Lipinski definition) is 4. The summed E-state index contributed by atoms with van der Waals surface area (Å²) in [5.41, 5.74) is 0.653. The minimum atomic E-state index is -0.579. The van der Waals surface area contributed by atoms with Crippen LogP contribution in [0.3, 0.4) is 0 Å². The molecule has 0 N–H and O–H groups in total. The van der Waals surface area contributed by atoms with E-state index in [9.17, 15) is 9.59 Å². The summed E-state index contributed by atoms with van der Waals surface area (Å²) in [7, 11) is 0. The summed E-state index contributed by atoms with van der Waals surface area (Å²) in [4.78, 5) is 23.5. The number of hydrogen-bond donors (Lipinski definition) is 0. The summed E-state index contributed by atoms with van der Waals surface area (Å²) in [6, 6.07) is 0. The number of rotatable bonds is 8. The SMILES string of the molecule is CCCCOC(=O)C(C(=O)OCCCC)=C(C)C. The molecule has 104 valence electrons. The fourth-order valence-corrected chi connectivity index (χ4v) is 1.25. The molecule has 0 saturated heterocycles. The van der Waals surface area contributed by atoms with Gasteiger partial charge in [-0.3, -0.25) is 0 Å². The van der Waals surface area contributed by atoms with Crippen molar-refractivity contribution < 1.29 is 19.1 Å². The van der Waals surface area contributed by atoms with E-state index in [0.717, 1.165) is 25.7 Å². The lowest BCUT2D eigenvalue weighted by molar-refractivity contribution is -0.147. The standard InChI is InChI=1S/C14H24O4/c1-5-7-9-17-13(15)12(11(3)4)14(16)18-10-8-6-2/h5-10H2,1-4H3. The van der Waals surface area contributed by atoms with Crippen LogP contribution in [0.4, 0.5) is 0 Å². The molecular weight excluding hydrogens is 232 g/mol. The molecule has 0 aromatic rings. The van der Waals surface area contributed by atoms with Gasteiger partial charge in [-0.2, -0.15) is 0 Å². The van der Waals surface area contributed by atoms with E-state index in [0.29, 0.717) is 18.8 Å². The highest BCUT2D eigenvalue weighted by Gasteiger charge is 2.22. The molecule has 0 aromatic carbocycles. The van der Waals surface area contributed by atoms with E-state index in [1.165, 1.54) is 0 Å². The average Bonchev–Trinajstić information content (AvgIpc) is 2.29. The van der Waals surface area contributed by atoms with Gasteiger partial charge in [0, 0.05) is 0 Å². The van der Waals surface area contributed by atoms with Gasteiger partial charge in [-0.1, -0.05) is 32.3 Å². The molecule has 4 nitrogen and oxygen atoms in total.